The molecular weight excluding hydrogens is 224 g/mol. The average Bonchev–Trinajstić information content (AvgIpc) is 3.21. The second-order valence-electron chi connectivity index (χ2n) is 6.36. The van der Waals surface area contributed by atoms with Crippen molar-refractivity contribution < 1.29 is 4.74 Å². The lowest BCUT2D eigenvalue weighted by Gasteiger charge is -2.35. The molecule has 3 fully saturated rings. The van der Waals surface area contributed by atoms with Gasteiger partial charge in [-0.3, -0.25) is 9.80 Å². The molecule has 1 unspecified atom stereocenters. The minimum Gasteiger partial charge on any atom is -0.380 e. The van der Waals surface area contributed by atoms with Gasteiger partial charge in [-0.15, -0.1) is 0 Å². The van der Waals surface area contributed by atoms with Crippen LogP contribution in [-0.2, 0) is 4.74 Å². The summed E-state index contributed by atoms with van der Waals surface area (Å²) < 4.78 is 5.78. The van der Waals surface area contributed by atoms with E-state index in [4.69, 9.17) is 4.74 Å². The van der Waals surface area contributed by atoms with Crippen molar-refractivity contribution >= 4 is 0 Å². The lowest BCUT2D eigenvalue weighted by atomic mass is 10.0. The summed E-state index contributed by atoms with van der Waals surface area (Å²) in [7, 11) is 0. The molecular formula is C15H28N2O. The van der Waals surface area contributed by atoms with Crippen LogP contribution >= 0.6 is 0 Å². The first kappa shape index (κ1) is 12.9. The zero-order valence-electron chi connectivity index (χ0n) is 11.6. The number of fused-ring (bicyclic) bond motifs is 1. The lowest BCUT2D eigenvalue weighted by molar-refractivity contribution is 0.0857. The van der Waals surface area contributed by atoms with E-state index in [1.165, 1.54) is 64.7 Å². The number of hydrogen-bond donors (Lipinski definition) is 0. The van der Waals surface area contributed by atoms with Gasteiger partial charge in [0.05, 0.1) is 6.61 Å². The standard InChI is InChI=1S/C15H28N2O/c1-2-8-17-9-3-7-16(12-15(17)4-1)10-11-18-13-14-5-6-14/h14-15H,1-13H2. The first-order valence-electron chi connectivity index (χ1n) is 7.96. The van der Waals surface area contributed by atoms with Crippen molar-refractivity contribution in [2.45, 2.75) is 44.6 Å². The van der Waals surface area contributed by atoms with Crippen LogP contribution in [0, 0.1) is 5.92 Å². The Labute approximate surface area is 111 Å². The van der Waals surface area contributed by atoms with Crippen molar-refractivity contribution in [2.75, 3.05) is 45.9 Å². The molecule has 0 aromatic heterocycles. The average molecular weight is 252 g/mol. The second kappa shape index (κ2) is 6.36. The Morgan fingerprint density at radius 3 is 2.72 bits per heavy atom. The molecule has 1 aliphatic carbocycles. The Hall–Kier alpha value is -0.120. The Bertz CT molecular complexity index is 255. The predicted molar refractivity (Wildman–Crippen MR) is 73.8 cm³/mol. The van der Waals surface area contributed by atoms with E-state index in [-0.39, 0.29) is 0 Å². The van der Waals surface area contributed by atoms with E-state index in [0.29, 0.717) is 0 Å². The Morgan fingerprint density at radius 2 is 1.83 bits per heavy atom. The van der Waals surface area contributed by atoms with Gasteiger partial charge in [0.25, 0.3) is 0 Å². The summed E-state index contributed by atoms with van der Waals surface area (Å²) in [6, 6.07) is 0.838. The highest BCUT2D eigenvalue weighted by Gasteiger charge is 2.27. The molecule has 1 saturated carbocycles. The summed E-state index contributed by atoms with van der Waals surface area (Å²) in [6.07, 6.45) is 8.42. The van der Waals surface area contributed by atoms with Crippen LogP contribution in [0.4, 0.5) is 0 Å². The summed E-state index contributed by atoms with van der Waals surface area (Å²) in [5.74, 6) is 0.906. The quantitative estimate of drug-likeness (QED) is 0.696. The molecule has 3 nitrogen and oxygen atoms in total. The van der Waals surface area contributed by atoms with Gasteiger partial charge in [0.15, 0.2) is 0 Å². The van der Waals surface area contributed by atoms with Gasteiger partial charge >= 0.3 is 0 Å². The van der Waals surface area contributed by atoms with Crippen LogP contribution in [0.2, 0.25) is 0 Å². The third kappa shape index (κ3) is 3.69. The molecule has 0 N–H and O–H groups in total. The molecule has 0 radical (unpaired) electrons. The number of hydrogen-bond acceptors (Lipinski definition) is 3. The maximum atomic E-state index is 5.78. The van der Waals surface area contributed by atoms with Gasteiger partial charge < -0.3 is 4.74 Å². The molecule has 3 aliphatic rings. The summed E-state index contributed by atoms with van der Waals surface area (Å²) in [6.45, 7) is 8.34. The van der Waals surface area contributed by atoms with Crippen molar-refractivity contribution in [1.29, 1.82) is 0 Å². The van der Waals surface area contributed by atoms with Crippen molar-refractivity contribution in [2.24, 2.45) is 5.92 Å². The third-order valence-corrected chi connectivity index (χ3v) is 4.74. The molecule has 0 aromatic rings. The Kier molecular flexibility index (Phi) is 4.55. The van der Waals surface area contributed by atoms with Crippen molar-refractivity contribution in [3.8, 4) is 0 Å². The fourth-order valence-electron chi connectivity index (χ4n) is 3.38. The zero-order chi connectivity index (χ0) is 12.2. The molecule has 3 rings (SSSR count). The Morgan fingerprint density at radius 1 is 0.944 bits per heavy atom. The number of ether oxygens (including phenoxy) is 1. The van der Waals surface area contributed by atoms with E-state index in [1.807, 2.05) is 0 Å². The molecule has 2 heterocycles. The minimum absolute atomic E-state index is 0.838. The Balaban J connectivity index is 1.38. The van der Waals surface area contributed by atoms with Crippen LogP contribution in [0.25, 0.3) is 0 Å². The summed E-state index contributed by atoms with van der Waals surface area (Å²) in [4.78, 5) is 5.37. The van der Waals surface area contributed by atoms with Gasteiger partial charge in [-0.2, -0.15) is 0 Å². The van der Waals surface area contributed by atoms with Crippen molar-refractivity contribution in [3.05, 3.63) is 0 Å². The van der Waals surface area contributed by atoms with Gasteiger partial charge in [0.1, 0.15) is 0 Å². The van der Waals surface area contributed by atoms with Crippen LogP contribution in [-0.4, -0.2) is 61.8 Å². The SMILES string of the molecule is C1CCN2CCCN(CCOCC3CC3)CC2C1. The van der Waals surface area contributed by atoms with Crippen LogP contribution in [0.3, 0.4) is 0 Å². The normalized spacial score (nSPS) is 31.0. The third-order valence-electron chi connectivity index (χ3n) is 4.74. The predicted octanol–water partition coefficient (Wildman–Crippen LogP) is 1.97. The molecule has 0 bridgehead atoms. The first-order valence-corrected chi connectivity index (χ1v) is 7.96. The molecule has 0 spiro atoms. The van der Waals surface area contributed by atoms with E-state index in [1.54, 1.807) is 0 Å². The minimum atomic E-state index is 0.838. The van der Waals surface area contributed by atoms with Crippen molar-refractivity contribution in [3.63, 3.8) is 0 Å². The molecule has 0 aromatic carbocycles. The van der Waals surface area contributed by atoms with E-state index < -0.39 is 0 Å². The summed E-state index contributed by atoms with van der Waals surface area (Å²) in [5, 5.41) is 0. The van der Waals surface area contributed by atoms with Gasteiger partial charge in [0, 0.05) is 25.7 Å². The molecule has 18 heavy (non-hydrogen) atoms. The van der Waals surface area contributed by atoms with Crippen LogP contribution in [0.15, 0.2) is 0 Å². The van der Waals surface area contributed by atoms with E-state index in [0.717, 1.165) is 31.7 Å². The first-order chi connectivity index (χ1) is 8.92. The van der Waals surface area contributed by atoms with Crippen molar-refractivity contribution in [1.82, 2.24) is 9.80 Å². The smallest absolute Gasteiger partial charge is 0.0593 e. The van der Waals surface area contributed by atoms with Crippen LogP contribution in [0.5, 0.6) is 0 Å². The largest absolute Gasteiger partial charge is 0.380 e. The number of rotatable bonds is 5. The molecule has 1 atom stereocenters. The molecule has 2 saturated heterocycles. The number of nitrogens with zero attached hydrogens (tertiary/aromatic N) is 2. The monoisotopic (exact) mass is 252 g/mol. The molecule has 104 valence electrons. The molecule has 0 amide bonds. The van der Waals surface area contributed by atoms with E-state index in [2.05, 4.69) is 9.80 Å². The van der Waals surface area contributed by atoms with Gasteiger partial charge in [-0.05, 0) is 57.7 Å². The maximum absolute atomic E-state index is 5.78. The van der Waals surface area contributed by atoms with Gasteiger partial charge in [0.2, 0.25) is 0 Å². The summed E-state index contributed by atoms with van der Waals surface area (Å²) >= 11 is 0. The lowest BCUT2D eigenvalue weighted by Crippen LogP contribution is -2.44. The zero-order valence-corrected chi connectivity index (χ0v) is 11.6. The van der Waals surface area contributed by atoms with Crippen LogP contribution < -0.4 is 0 Å². The molecule has 2 aliphatic heterocycles. The highest BCUT2D eigenvalue weighted by molar-refractivity contribution is 4.83. The highest BCUT2D eigenvalue weighted by Crippen LogP contribution is 2.28. The fraction of sp³-hybridized carbons (Fsp3) is 1.00. The maximum Gasteiger partial charge on any atom is 0.0593 e. The fourth-order valence-corrected chi connectivity index (χ4v) is 3.38. The summed E-state index contributed by atoms with van der Waals surface area (Å²) in [5.41, 5.74) is 0. The van der Waals surface area contributed by atoms with Gasteiger partial charge in [-0.25, -0.2) is 0 Å². The van der Waals surface area contributed by atoms with Gasteiger partial charge in [-0.1, -0.05) is 6.42 Å². The number of piperidine rings is 1. The van der Waals surface area contributed by atoms with Crippen LogP contribution in [0.1, 0.15) is 38.5 Å². The second-order valence-corrected chi connectivity index (χ2v) is 6.36. The van der Waals surface area contributed by atoms with E-state index >= 15 is 0 Å². The highest BCUT2D eigenvalue weighted by atomic mass is 16.5. The molecule has 3 heteroatoms. The van der Waals surface area contributed by atoms with E-state index in [9.17, 15) is 0 Å². The topological polar surface area (TPSA) is 15.7 Å².